The zero-order valence-corrected chi connectivity index (χ0v) is 5.26. The van der Waals surface area contributed by atoms with Crippen molar-refractivity contribution in [3.8, 4) is 0 Å². The van der Waals surface area contributed by atoms with Crippen molar-refractivity contribution in [1.29, 1.82) is 0 Å². The summed E-state index contributed by atoms with van der Waals surface area (Å²) in [7, 11) is 0. The van der Waals surface area contributed by atoms with E-state index < -0.39 is 9.76 Å². The number of hydrogen-bond acceptors (Lipinski definition) is 1. The Bertz CT molecular complexity index is 87.8. The maximum atomic E-state index is 9.62. The van der Waals surface area contributed by atoms with Gasteiger partial charge in [-0.1, -0.05) is 34.8 Å². The first kappa shape index (κ1) is 12.1. The Morgan fingerprint density at radius 1 is 1.38 bits per heavy atom. The van der Waals surface area contributed by atoms with Crippen LogP contribution in [0.4, 0.5) is 0 Å². The Labute approximate surface area is 83.4 Å². The van der Waals surface area contributed by atoms with E-state index in [0.717, 1.165) is 0 Å². The Kier molecular flexibility index (Phi) is 6.33. The molecule has 0 radical (unpaired) electrons. The summed E-state index contributed by atoms with van der Waals surface area (Å²) >= 11 is 14.4. The van der Waals surface area contributed by atoms with Crippen molar-refractivity contribution in [3.05, 3.63) is 0 Å². The zero-order chi connectivity index (χ0) is 6.08. The summed E-state index contributed by atoms with van der Waals surface area (Å²) in [4.78, 5) is 9.62. The van der Waals surface area contributed by atoms with Gasteiger partial charge in [-0.15, -0.1) is 0 Å². The Hall–Kier alpha value is 1.34. The van der Waals surface area contributed by atoms with Crippen molar-refractivity contribution in [1.82, 2.24) is 0 Å². The van der Waals surface area contributed by atoms with Crippen LogP contribution in [0.1, 0.15) is 0 Å². The van der Waals surface area contributed by atoms with Gasteiger partial charge in [0.25, 0.3) is 3.79 Å². The molecular weight excluding hydrogens is 185 g/mol. The van der Waals surface area contributed by atoms with Crippen molar-refractivity contribution in [3.63, 3.8) is 0 Å². The predicted molar refractivity (Wildman–Crippen MR) is 35.1 cm³/mol. The molecule has 1 N–H and O–H groups in total. The van der Waals surface area contributed by atoms with Crippen molar-refractivity contribution in [2.24, 2.45) is 0 Å². The van der Waals surface area contributed by atoms with E-state index in [1.165, 1.54) is 0 Å². The summed E-state index contributed by atoms with van der Waals surface area (Å²) < 4.78 is -2.17. The fourth-order valence-corrected chi connectivity index (χ4v) is 0. The van der Waals surface area contributed by atoms with Gasteiger partial charge >= 0.3 is 35.5 Å². The molecule has 0 aromatic rings. The van der Waals surface area contributed by atoms with Crippen LogP contribution in [-0.2, 0) is 4.79 Å². The van der Waals surface area contributed by atoms with Crippen molar-refractivity contribution < 1.29 is 9.90 Å². The van der Waals surface area contributed by atoms with E-state index in [4.69, 9.17) is 39.9 Å². The third kappa shape index (κ3) is 5.48. The van der Waals surface area contributed by atoms with E-state index in [1.54, 1.807) is 0 Å². The monoisotopic (exact) mass is 186 g/mol. The molecule has 0 aliphatic carbocycles. The molecule has 0 atom stereocenters. The molecule has 0 saturated carbocycles. The van der Waals surface area contributed by atoms with Gasteiger partial charge in [0, 0.05) is 0 Å². The molecule has 0 unspecified atom stereocenters. The summed E-state index contributed by atoms with van der Waals surface area (Å²) in [6.07, 6.45) is 0. The maximum absolute atomic E-state index is 9.62. The molecule has 0 saturated heterocycles. The van der Waals surface area contributed by atoms with Gasteiger partial charge in [0.05, 0.1) is 0 Å². The molecule has 0 bridgehead atoms. The minimum absolute atomic E-state index is 0. The summed E-state index contributed by atoms with van der Waals surface area (Å²) in [5.74, 6) is -1.46. The summed E-state index contributed by atoms with van der Waals surface area (Å²) in [5.41, 5.74) is 0. The van der Waals surface area contributed by atoms with E-state index in [2.05, 4.69) is 0 Å². The van der Waals surface area contributed by atoms with Gasteiger partial charge < -0.3 is 5.11 Å². The predicted octanol–water partition coefficient (Wildman–Crippen LogP) is 0.793. The van der Waals surface area contributed by atoms with Crippen LogP contribution >= 0.6 is 34.8 Å². The zero-order valence-electron chi connectivity index (χ0n) is 2.99. The molecule has 0 fully saturated rings. The second-order valence-corrected chi connectivity index (χ2v) is 3.08. The Morgan fingerprint density at radius 2 is 1.50 bits per heavy atom. The van der Waals surface area contributed by atoms with Gasteiger partial charge in [-0.25, -0.2) is 4.79 Å². The number of alkyl halides is 3. The molecule has 44 valence electrons. The van der Waals surface area contributed by atoms with Crippen LogP contribution in [0.5, 0.6) is 0 Å². The van der Waals surface area contributed by atoms with Gasteiger partial charge in [-0.2, -0.15) is 0 Å². The van der Waals surface area contributed by atoms with Gasteiger partial charge in [0.2, 0.25) is 0 Å². The minimum atomic E-state index is -2.17. The van der Waals surface area contributed by atoms with Crippen molar-refractivity contribution in [2.75, 3.05) is 0 Å². The van der Waals surface area contributed by atoms with Gasteiger partial charge in [0.15, 0.2) is 0 Å². The number of carboxylic acid groups (broad SMARTS) is 1. The van der Waals surface area contributed by atoms with Crippen LogP contribution in [0, 0.1) is 0 Å². The molecule has 8 heavy (non-hydrogen) atoms. The number of aliphatic carboxylic acids is 1. The fraction of sp³-hybridized carbons (Fsp3) is 0.500. The van der Waals surface area contributed by atoms with Crippen molar-refractivity contribution in [2.45, 2.75) is 3.79 Å². The molecule has 0 heterocycles. The number of rotatable bonds is 0. The van der Waals surface area contributed by atoms with Crippen molar-refractivity contribution >= 4 is 70.3 Å². The van der Waals surface area contributed by atoms with E-state index in [1.807, 2.05) is 0 Å². The number of hydrogen-bond donors (Lipinski definition) is 1. The summed E-state index contributed by atoms with van der Waals surface area (Å²) in [5, 5.41) is 7.85. The first-order valence-corrected chi connectivity index (χ1v) is 2.38. The Balaban J connectivity index is 0. The topological polar surface area (TPSA) is 37.3 Å². The molecule has 0 aliphatic heterocycles. The van der Waals surface area contributed by atoms with E-state index in [-0.39, 0.29) is 29.6 Å². The number of carbonyl (C=O) groups is 1. The van der Waals surface area contributed by atoms with Crippen LogP contribution < -0.4 is 0 Å². The average Bonchev–Trinajstić information content (AvgIpc) is 1.31. The quantitative estimate of drug-likeness (QED) is 0.450. The van der Waals surface area contributed by atoms with Crippen LogP contribution in [0.2, 0.25) is 0 Å². The summed E-state index contributed by atoms with van der Waals surface area (Å²) in [6, 6.07) is 0. The van der Waals surface area contributed by atoms with Gasteiger partial charge in [-0.05, 0) is 0 Å². The molecule has 2 nitrogen and oxygen atoms in total. The summed E-state index contributed by atoms with van der Waals surface area (Å²) in [6.45, 7) is 0. The fourth-order valence-electron chi connectivity index (χ4n) is 0. The van der Waals surface area contributed by atoms with E-state index in [0.29, 0.717) is 0 Å². The molecule has 0 aliphatic rings. The standard InChI is InChI=1S/C2HCl3O2.Na.H/c3-2(4,5)1(6)7;;/h(H,6,7);;. The molecule has 6 heteroatoms. The van der Waals surface area contributed by atoms with Gasteiger partial charge in [-0.3, -0.25) is 0 Å². The SMILES string of the molecule is O=C(O)C(Cl)(Cl)Cl.[NaH]. The molecule has 0 rings (SSSR count). The first-order chi connectivity index (χ1) is 2.94. The van der Waals surface area contributed by atoms with Crippen LogP contribution in [0.25, 0.3) is 0 Å². The third-order valence-electron chi connectivity index (χ3n) is 0.243. The van der Waals surface area contributed by atoms with E-state index >= 15 is 0 Å². The molecule has 0 aromatic heterocycles. The third-order valence-corrected chi connectivity index (χ3v) is 0.728. The Morgan fingerprint density at radius 3 is 1.50 bits per heavy atom. The first-order valence-electron chi connectivity index (χ1n) is 1.24. The van der Waals surface area contributed by atoms with E-state index in [9.17, 15) is 4.79 Å². The number of halogens is 3. The van der Waals surface area contributed by atoms with Crippen LogP contribution in [0.3, 0.4) is 0 Å². The molecule has 0 spiro atoms. The van der Waals surface area contributed by atoms with Crippen LogP contribution in [0.15, 0.2) is 0 Å². The molecule has 0 amide bonds. The molecular formula is C2H2Cl3NaO2. The second kappa shape index (κ2) is 4.20. The normalized spacial score (nSPS) is 9.88. The van der Waals surface area contributed by atoms with Crippen LogP contribution in [-0.4, -0.2) is 44.4 Å². The molecule has 0 aromatic carbocycles. The average molecular weight is 187 g/mol. The number of carboxylic acids is 1. The van der Waals surface area contributed by atoms with Gasteiger partial charge in [0.1, 0.15) is 0 Å². The second-order valence-electron chi connectivity index (χ2n) is 0.803.